The van der Waals surface area contributed by atoms with Gasteiger partial charge in [0.25, 0.3) is 0 Å². The Balaban J connectivity index is 2.37. The maximum absolute atomic E-state index is 11.5. The summed E-state index contributed by atoms with van der Waals surface area (Å²) in [5, 5.41) is 16.2. The number of nitrogens with zero attached hydrogens (tertiary/aromatic N) is 4. The van der Waals surface area contributed by atoms with Gasteiger partial charge in [0, 0.05) is 12.6 Å². The number of tetrazole rings is 1. The van der Waals surface area contributed by atoms with Gasteiger partial charge in [-0.25, -0.2) is 9.48 Å². The van der Waals surface area contributed by atoms with E-state index in [1.807, 2.05) is 0 Å². The van der Waals surface area contributed by atoms with E-state index < -0.39 is 11.9 Å². The van der Waals surface area contributed by atoms with Crippen molar-refractivity contribution in [1.29, 1.82) is 0 Å². The molecule has 3 amide bonds. The number of amides is 3. The first-order valence-corrected chi connectivity index (χ1v) is 6.71. The fraction of sp³-hybridized carbons (Fsp3) is 0.667. The van der Waals surface area contributed by atoms with Gasteiger partial charge in [-0.15, -0.1) is 5.10 Å². The molecule has 0 atom stereocenters. The molecule has 106 valence electrons. The van der Waals surface area contributed by atoms with Crippen molar-refractivity contribution in [3.63, 3.8) is 0 Å². The molecule has 1 aromatic rings. The van der Waals surface area contributed by atoms with E-state index in [-0.39, 0.29) is 11.8 Å². The fourth-order valence-corrected chi connectivity index (χ4v) is 1.86. The highest BCUT2D eigenvalue weighted by molar-refractivity contribution is 7.99. The maximum Gasteiger partial charge on any atom is 0.321 e. The minimum Gasteiger partial charge on any atom is -0.336 e. The normalized spacial score (nSPS) is 10.5. The summed E-state index contributed by atoms with van der Waals surface area (Å²) in [6, 6.07) is -0.542. The van der Waals surface area contributed by atoms with Gasteiger partial charge in [-0.3, -0.25) is 10.1 Å². The van der Waals surface area contributed by atoms with Crippen molar-refractivity contribution in [2.45, 2.75) is 31.6 Å². The quantitative estimate of drug-likeness (QED) is 0.570. The molecule has 1 heterocycles. The molecule has 0 bridgehead atoms. The number of carbonyl (C=O) groups is 2. The van der Waals surface area contributed by atoms with Crippen LogP contribution in [0.5, 0.6) is 0 Å². The van der Waals surface area contributed by atoms with Crippen LogP contribution in [0.4, 0.5) is 4.79 Å². The molecule has 0 fully saturated rings. The fourth-order valence-electron chi connectivity index (χ4n) is 1.15. The van der Waals surface area contributed by atoms with Crippen LogP contribution in [-0.4, -0.2) is 50.5 Å². The standard InChI is InChI=1S/C9H17N7O2S/c1-6(2)11-8(18)12-7(17)5-19-9-13-14-15-16(9)4-3-10/h6H,3-5,10H2,1-2H3,(H2,11,12,17,18). The second-order valence-corrected chi connectivity index (χ2v) is 4.88. The Morgan fingerprint density at radius 2 is 2.21 bits per heavy atom. The molecule has 0 aliphatic carbocycles. The predicted molar refractivity (Wildman–Crippen MR) is 69.4 cm³/mol. The third kappa shape index (κ3) is 5.66. The van der Waals surface area contributed by atoms with Crippen LogP contribution in [-0.2, 0) is 11.3 Å². The average Bonchev–Trinajstić information content (AvgIpc) is 2.73. The first-order valence-electron chi connectivity index (χ1n) is 5.72. The zero-order chi connectivity index (χ0) is 14.3. The van der Waals surface area contributed by atoms with Crippen LogP contribution in [0, 0.1) is 0 Å². The molecule has 0 aliphatic rings. The number of nitrogens with two attached hydrogens (primary N) is 1. The van der Waals surface area contributed by atoms with E-state index in [1.165, 1.54) is 4.68 Å². The molecule has 0 radical (unpaired) electrons. The maximum atomic E-state index is 11.5. The Hall–Kier alpha value is -1.68. The highest BCUT2D eigenvalue weighted by Gasteiger charge is 2.12. The van der Waals surface area contributed by atoms with Crippen molar-refractivity contribution >= 4 is 23.7 Å². The molecule has 0 aliphatic heterocycles. The summed E-state index contributed by atoms with van der Waals surface area (Å²) in [5.41, 5.74) is 5.40. The summed E-state index contributed by atoms with van der Waals surface area (Å²) in [5.74, 6) is -0.360. The van der Waals surface area contributed by atoms with Crippen LogP contribution in [0.15, 0.2) is 5.16 Å². The van der Waals surface area contributed by atoms with E-state index in [9.17, 15) is 9.59 Å². The molecule has 4 N–H and O–H groups in total. The van der Waals surface area contributed by atoms with Crippen LogP contribution < -0.4 is 16.4 Å². The van der Waals surface area contributed by atoms with E-state index in [0.29, 0.717) is 18.2 Å². The Kier molecular flexibility index (Phi) is 6.22. The van der Waals surface area contributed by atoms with Gasteiger partial charge in [0.1, 0.15) is 0 Å². The van der Waals surface area contributed by atoms with Crippen LogP contribution in [0.1, 0.15) is 13.8 Å². The van der Waals surface area contributed by atoms with E-state index in [1.54, 1.807) is 13.8 Å². The number of urea groups is 1. The molecular weight excluding hydrogens is 270 g/mol. The molecule has 19 heavy (non-hydrogen) atoms. The molecule has 1 aromatic heterocycles. The number of imide groups is 1. The largest absolute Gasteiger partial charge is 0.336 e. The SMILES string of the molecule is CC(C)NC(=O)NC(=O)CSc1nnnn1CCN. The van der Waals surface area contributed by atoms with Crippen molar-refractivity contribution in [3.8, 4) is 0 Å². The minimum absolute atomic E-state index is 0.0303. The topological polar surface area (TPSA) is 128 Å². The van der Waals surface area contributed by atoms with Crippen LogP contribution in [0.3, 0.4) is 0 Å². The molecule has 10 heteroatoms. The second kappa shape index (κ2) is 7.69. The Bertz CT molecular complexity index is 434. The zero-order valence-corrected chi connectivity index (χ0v) is 11.6. The summed E-state index contributed by atoms with van der Waals surface area (Å²) < 4.78 is 1.51. The molecule has 0 saturated heterocycles. The van der Waals surface area contributed by atoms with Gasteiger partial charge in [-0.05, 0) is 24.3 Å². The van der Waals surface area contributed by atoms with Crippen LogP contribution in [0.25, 0.3) is 0 Å². The minimum atomic E-state index is -0.512. The molecule has 9 nitrogen and oxygen atoms in total. The first-order chi connectivity index (χ1) is 9.02. The molecular formula is C9H17N7O2S. The van der Waals surface area contributed by atoms with Gasteiger partial charge in [0.05, 0.1) is 12.3 Å². The third-order valence-electron chi connectivity index (χ3n) is 1.85. The molecule has 0 aromatic carbocycles. The lowest BCUT2D eigenvalue weighted by atomic mass is 10.4. The van der Waals surface area contributed by atoms with Crippen molar-refractivity contribution in [1.82, 2.24) is 30.8 Å². The van der Waals surface area contributed by atoms with Crippen LogP contribution in [0.2, 0.25) is 0 Å². The summed E-state index contributed by atoms with van der Waals surface area (Å²) in [6.45, 7) is 4.49. The number of carbonyl (C=O) groups excluding carboxylic acids is 2. The summed E-state index contributed by atoms with van der Waals surface area (Å²) in [7, 11) is 0. The van der Waals surface area contributed by atoms with E-state index in [2.05, 4.69) is 26.2 Å². The summed E-state index contributed by atoms with van der Waals surface area (Å²) in [4.78, 5) is 22.8. The van der Waals surface area contributed by atoms with E-state index in [0.717, 1.165) is 11.8 Å². The Morgan fingerprint density at radius 3 is 2.84 bits per heavy atom. The van der Waals surface area contributed by atoms with E-state index in [4.69, 9.17) is 5.73 Å². The summed E-state index contributed by atoms with van der Waals surface area (Å²) in [6.07, 6.45) is 0. The Labute approximate surface area is 114 Å². The molecule has 1 rings (SSSR count). The first kappa shape index (κ1) is 15.4. The van der Waals surface area contributed by atoms with Gasteiger partial charge >= 0.3 is 6.03 Å². The van der Waals surface area contributed by atoms with Crippen molar-refractivity contribution in [2.24, 2.45) is 5.73 Å². The van der Waals surface area contributed by atoms with Gasteiger partial charge in [-0.1, -0.05) is 11.8 Å². The lowest BCUT2D eigenvalue weighted by Gasteiger charge is -2.08. The predicted octanol–water partition coefficient (Wildman–Crippen LogP) is -1.04. The van der Waals surface area contributed by atoms with Gasteiger partial charge in [-0.2, -0.15) is 0 Å². The molecule has 0 unspecified atom stereocenters. The van der Waals surface area contributed by atoms with Gasteiger partial charge < -0.3 is 11.1 Å². The van der Waals surface area contributed by atoms with Crippen molar-refractivity contribution in [3.05, 3.63) is 0 Å². The van der Waals surface area contributed by atoms with Gasteiger partial charge in [0.2, 0.25) is 11.1 Å². The molecule has 0 spiro atoms. The number of aromatic nitrogens is 4. The van der Waals surface area contributed by atoms with Crippen molar-refractivity contribution < 1.29 is 9.59 Å². The number of thioether (sulfide) groups is 1. The highest BCUT2D eigenvalue weighted by atomic mass is 32.2. The second-order valence-electron chi connectivity index (χ2n) is 3.94. The number of nitrogens with one attached hydrogen (secondary N) is 2. The zero-order valence-electron chi connectivity index (χ0n) is 10.8. The third-order valence-corrected chi connectivity index (χ3v) is 2.80. The lowest BCUT2D eigenvalue weighted by molar-refractivity contribution is -0.117. The highest BCUT2D eigenvalue weighted by Crippen LogP contribution is 2.12. The molecule has 0 saturated carbocycles. The monoisotopic (exact) mass is 287 g/mol. The lowest BCUT2D eigenvalue weighted by Crippen LogP contribution is -2.43. The summed E-state index contributed by atoms with van der Waals surface area (Å²) >= 11 is 1.14. The van der Waals surface area contributed by atoms with Crippen molar-refractivity contribution in [2.75, 3.05) is 12.3 Å². The van der Waals surface area contributed by atoms with Gasteiger partial charge in [0.15, 0.2) is 0 Å². The smallest absolute Gasteiger partial charge is 0.321 e. The average molecular weight is 287 g/mol. The van der Waals surface area contributed by atoms with Crippen LogP contribution >= 0.6 is 11.8 Å². The van der Waals surface area contributed by atoms with E-state index >= 15 is 0 Å². The Morgan fingerprint density at radius 1 is 1.47 bits per heavy atom. The number of rotatable bonds is 6. The number of hydrogen-bond donors (Lipinski definition) is 3. The number of hydrogen-bond acceptors (Lipinski definition) is 7.